The summed E-state index contributed by atoms with van der Waals surface area (Å²) in [6, 6.07) is 9.55. The van der Waals surface area contributed by atoms with Crippen molar-refractivity contribution in [3.05, 3.63) is 82.6 Å². The molecule has 0 saturated carbocycles. The monoisotopic (exact) mass is 427 g/mol. The van der Waals surface area contributed by atoms with Crippen LogP contribution in [-0.2, 0) is 17.6 Å². The maximum absolute atomic E-state index is 14.2. The largest absolute Gasteiger partial charge is 0.487 e. The molecule has 0 radical (unpaired) electrons. The fourth-order valence-corrected chi connectivity index (χ4v) is 4.06. The van der Waals surface area contributed by atoms with Crippen LogP contribution in [0, 0.1) is 11.6 Å². The zero-order chi connectivity index (χ0) is 22.6. The van der Waals surface area contributed by atoms with Gasteiger partial charge in [0, 0.05) is 23.0 Å². The molecule has 5 heteroatoms. The summed E-state index contributed by atoms with van der Waals surface area (Å²) in [5, 5.41) is 3.48. The Kier molecular flexibility index (Phi) is 7.16. The van der Waals surface area contributed by atoms with Crippen molar-refractivity contribution in [2.24, 2.45) is 0 Å². The third-order valence-corrected chi connectivity index (χ3v) is 5.25. The summed E-state index contributed by atoms with van der Waals surface area (Å²) < 4.78 is 39.8. The molecule has 31 heavy (non-hydrogen) atoms. The van der Waals surface area contributed by atoms with E-state index in [9.17, 15) is 8.78 Å². The summed E-state index contributed by atoms with van der Waals surface area (Å²) in [5.74, 6) is -1.29. The minimum absolute atomic E-state index is 0.0177. The quantitative estimate of drug-likeness (QED) is 0.546. The molecule has 2 aromatic rings. The average Bonchev–Trinajstić information content (AvgIpc) is 2.72. The summed E-state index contributed by atoms with van der Waals surface area (Å²) >= 11 is 0. The molecular weight excluding hydrogens is 396 g/mol. The number of aryl methyl sites for hydroxylation is 2. The molecule has 3 nitrogen and oxygen atoms in total. The lowest BCUT2D eigenvalue weighted by molar-refractivity contribution is -0.0421. The lowest BCUT2D eigenvalue weighted by Crippen LogP contribution is -2.42. The molecule has 0 spiro atoms. The molecule has 0 aromatic heterocycles. The average molecular weight is 428 g/mol. The molecule has 1 N–H and O–H groups in total. The molecule has 0 bridgehead atoms. The number of allylic oxidation sites excluding steroid dienone is 1. The SMILES string of the molecule is CCc1cccc(CC)c1C1=CC(COc2cc(F)ccc2F)(OC(C)C)C=C(C)N1. The fourth-order valence-electron chi connectivity index (χ4n) is 4.06. The minimum Gasteiger partial charge on any atom is -0.487 e. The first-order valence-corrected chi connectivity index (χ1v) is 10.8. The van der Waals surface area contributed by atoms with E-state index < -0.39 is 17.2 Å². The number of dihydropyridines is 1. The van der Waals surface area contributed by atoms with E-state index in [0.717, 1.165) is 48.0 Å². The number of ether oxygens (including phenoxy) is 2. The van der Waals surface area contributed by atoms with E-state index in [1.165, 1.54) is 11.1 Å². The number of hydrogen-bond acceptors (Lipinski definition) is 3. The number of nitrogens with one attached hydrogen (secondary N) is 1. The van der Waals surface area contributed by atoms with Gasteiger partial charge in [-0.3, -0.25) is 0 Å². The van der Waals surface area contributed by atoms with Crippen molar-refractivity contribution in [3.8, 4) is 5.75 Å². The molecule has 166 valence electrons. The highest BCUT2D eigenvalue weighted by Crippen LogP contribution is 2.33. The lowest BCUT2D eigenvalue weighted by atomic mass is 9.89. The van der Waals surface area contributed by atoms with Crippen molar-refractivity contribution >= 4 is 5.70 Å². The second-order valence-corrected chi connectivity index (χ2v) is 8.15. The number of halogens is 2. The molecule has 0 aliphatic carbocycles. The maximum Gasteiger partial charge on any atom is 0.165 e. The molecule has 1 aliphatic rings. The van der Waals surface area contributed by atoms with E-state index in [2.05, 4.69) is 37.4 Å². The molecule has 2 aromatic carbocycles. The van der Waals surface area contributed by atoms with Crippen molar-refractivity contribution < 1.29 is 18.3 Å². The van der Waals surface area contributed by atoms with Gasteiger partial charge in [0.1, 0.15) is 18.0 Å². The van der Waals surface area contributed by atoms with Crippen molar-refractivity contribution in [3.63, 3.8) is 0 Å². The van der Waals surface area contributed by atoms with E-state index in [1.807, 2.05) is 32.9 Å². The van der Waals surface area contributed by atoms with Crippen LogP contribution in [0.25, 0.3) is 5.70 Å². The Morgan fingerprint density at radius 1 is 1.00 bits per heavy atom. The molecule has 0 fully saturated rings. The fraction of sp³-hybridized carbons (Fsp3) is 0.385. The number of hydrogen-bond donors (Lipinski definition) is 1. The van der Waals surface area contributed by atoms with Gasteiger partial charge in [-0.15, -0.1) is 0 Å². The molecule has 0 amide bonds. The van der Waals surface area contributed by atoms with E-state index in [0.29, 0.717) is 0 Å². The van der Waals surface area contributed by atoms with Crippen LogP contribution in [0.4, 0.5) is 8.78 Å². The summed E-state index contributed by atoms with van der Waals surface area (Å²) in [7, 11) is 0. The topological polar surface area (TPSA) is 30.5 Å². The smallest absolute Gasteiger partial charge is 0.165 e. The van der Waals surface area contributed by atoms with Gasteiger partial charge in [-0.1, -0.05) is 32.0 Å². The third kappa shape index (κ3) is 5.34. The van der Waals surface area contributed by atoms with Crippen LogP contribution in [0.2, 0.25) is 0 Å². The summed E-state index contributed by atoms with van der Waals surface area (Å²) in [5.41, 5.74) is 4.57. The zero-order valence-electron chi connectivity index (χ0n) is 18.9. The van der Waals surface area contributed by atoms with Crippen LogP contribution in [-0.4, -0.2) is 18.3 Å². The minimum atomic E-state index is -0.927. The van der Waals surface area contributed by atoms with Gasteiger partial charge in [-0.2, -0.15) is 0 Å². The van der Waals surface area contributed by atoms with E-state index >= 15 is 0 Å². The van der Waals surface area contributed by atoms with Crippen LogP contribution in [0.5, 0.6) is 5.75 Å². The van der Waals surface area contributed by atoms with Crippen molar-refractivity contribution in [2.75, 3.05) is 6.61 Å². The molecular formula is C26H31F2NO2. The Hall–Kier alpha value is -2.66. The Bertz CT molecular complexity index is 975. The van der Waals surface area contributed by atoms with Crippen LogP contribution in [0.15, 0.2) is 54.2 Å². The molecule has 3 rings (SSSR count). The predicted octanol–water partition coefficient (Wildman–Crippen LogP) is 6.18. The van der Waals surface area contributed by atoms with Gasteiger partial charge in [0.25, 0.3) is 0 Å². The first-order chi connectivity index (χ1) is 14.8. The van der Waals surface area contributed by atoms with Gasteiger partial charge in [0.05, 0.1) is 6.10 Å². The van der Waals surface area contributed by atoms with Crippen LogP contribution in [0.3, 0.4) is 0 Å². The standard InChI is InChI=1S/C26H31F2NO2/c1-6-19-9-8-10-20(7-2)25(19)23-15-26(31-17(3)4,14-18(5)29-23)16-30-24-13-21(27)11-12-22(24)28/h8-15,17,29H,6-7,16H2,1-5H3. The molecule has 1 atom stereocenters. The van der Waals surface area contributed by atoms with Crippen LogP contribution < -0.4 is 10.1 Å². The normalized spacial score (nSPS) is 18.5. The Balaban J connectivity index is 2.05. The van der Waals surface area contributed by atoms with Gasteiger partial charge in [0.2, 0.25) is 0 Å². The van der Waals surface area contributed by atoms with E-state index in [4.69, 9.17) is 9.47 Å². The van der Waals surface area contributed by atoms with Gasteiger partial charge in [-0.25, -0.2) is 8.78 Å². The first-order valence-electron chi connectivity index (χ1n) is 10.8. The van der Waals surface area contributed by atoms with Crippen LogP contribution in [0.1, 0.15) is 51.3 Å². The molecule has 1 unspecified atom stereocenters. The highest BCUT2D eigenvalue weighted by Gasteiger charge is 2.34. The Morgan fingerprint density at radius 2 is 1.68 bits per heavy atom. The highest BCUT2D eigenvalue weighted by atomic mass is 19.1. The number of benzene rings is 2. The van der Waals surface area contributed by atoms with Gasteiger partial charge >= 0.3 is 0 Å². The third-order valence-electron chi connectivity index (χ3n) is 5.25. The van der Waals surface area contributed by atoms with Crippen molar-refractivity contribution in [1.29, 1.82) is 0 Å². The molecule has 1 heterocycles. The van der Waals surface area contributed by atoms with Gasteiger partial charge in [-0.05, 0) is 69.0 Å². The van der Waals surface area contributed by atoms with E-state index in [-0.39, 0.29) is 18.5 Å². The van der Waals surface area contributed by atoms with Crippen molar-refractivity contribution in [2.45, 2.75) is 59.2 Å². The molecule has 0 saturated heterocycles. The van der Waals surface area contributed by atoms with Crippen LogP contribution >= 0.6 is 0 Å². The number of rotatable bonds is 8. The maximum atomic E-state index is 14.2. The zero-order valence-corrected chi connectivity index (χ0v) is 18.9. The predicted molar refractivity (Wildman–Crippen MR) is 121 cm³/mol. The summed E-state index contributed by atoms with van der Waals surface area (Å²) in [4.78, 5) is 0. The lowest BCUT2D eigenvalue weighted by Gasteiger charge is -2.35. The second kappa shape index (κ2) is 9.65. The van der Waals surface area contributed by atoms with E-state index in [1.54, 1.807) is 0 Å². The molecule has 1 aliphatic heterocycles. The highest BCUT2D eigenvalue weighted by molar-refractivity contribution is 5.73. The second-order valence-electron chi connectivity index (χ2n) is 8.15. The Labute approximate surface area is 183 Å². The summed E-state index contributed by atoms with van der Waals surface area (Å²) in [6.45, 7) is 10.1. The first kappa shape index (κ1) is 23.0. The van der Waals surface area contributed by atoms with Gasteiger partial charge < -0.3 is 14.8 Å². The summed E-state index contributed by atoms with van der Waals surface area (Å²) in [6.07, 6.45) is 5.63. The van der Waals surface area contributed by atoms with Gasteiger partial charge in [0.15, 0.2) is 11.6 Å². The van der Waals surface area contributed by atoms with Crippen molar-refractivity contribution in [1.82, 2.24) is 5.32 Å². The Morgan fingerprint density at radius 3 is 2.29 bits per heavy atom.